The number of carbonyl (C=O) groups excluding carboxylic acids is 1. The molecule has 1 atom stereocenters. The summed E-state index contributed by atoms with van der Waals surface area (Å²) in [6, 6.07) is 7.61. The molecule has 4 heteroatoms. The fraction of sp³-hybridized carbons (Fsp3) is 0.500. The highest BCUT2D eigenvalue weighted by Crippen LogP contribution is 2.21. The number of hydrogen-bond donors (Lipinski definition) is 2. The van der Waals surface area contributed by atoms with Gasteiger partial charge >= 0.3 is 0 Å². The van der Waals surface area contributed by atoms with E-state index in [1.807, 2.05) is 50.2 Å². The Morgan fingerprint density at radius 1 is 1.39 bits per heavy atom. The van der Waals surface area contributed by atoms with Crippen LogP contribution in [0.25, 0.3) is 0 Å². The Labute approximate surface area is 109 Å². The zero-order chi connectivity index (χ0) is 13.5. The van der Waals surface area contributed by atoms with Crippen LogP contribution in [0.1, 0.15) is 23.6 Å². The molecule has 0 radical (unpaired) electrons. The quantitative estimate of drug-likeness (QED) is 0.743. The number of likely N-dealkylation sites (N-methyl/N-ethyl adjacent to an activating group) is 1. The van der Waals surface area contributed by atoms with Crippen LogP contribution in [-0.2, 0) is 4.79 Å². The summed E-state index contributed by atoms with van der Waals surface area (Å²) in [6.07, 6.45) is 0.583. The molecule has 1 aromatic rings. The lowest BCUT2D eigenvalue weighted by Crippen LogP contribution is -2.38. The van der Waals surface area contributed by atoms with E-state index in [1.165, 1.54) is 0 Å². The van der Waals surface area contributed by atoms with Gasteiger partial charge in [0.2, 0.25) is 5.91 Å². The first kappa shape index (κ1) is 14.7. The Bertz CT molecular complexity index is 391. The molecule has 1 unspecified atom stereocenters. The standard InChI is InChI=1S/C14H22N2O2/c1-11-7-4-5-8-12(11)13(16(2)3)14(18)15-9-6-10-17/h4-5,7-8,13,17H,6,9-10H2,1-3H3,(H,15,18). The molecule has 1 rings (SSSR count). The first-order chi connectivity index (χ1) is 8.57. The van der Waals surface area contributed by atoms with E-state index in [-0.39, 0.29) is 18.6 Å². The predicted octanol–water partition coefficient (Wildman–Crippen LogP) is 1.10. The van der Waals surface area contributed by atoms with E-state index in [4.69, 9.17) is 5.11 Å². The molecule has 1 aromatic carbocycles. The average Bonchev–Trinajstić information content (AvgIpc) is 2.32. The summed E-state index contributed by atoms with van der Waals surface area (Å²) in [7, 11) is 3.78. The van der Waals surface area contributed by atoms with Crippen LogP contribution in [0.3, 0.4) is 0 Å². The topological polar surface area (TPSA) is 52.6 Å². The molecule has 0 spiro atoms. The molecule has 0 saturated heterocycles. The van der Waals surface area contributed by atoms with Crippen LogP contribution in [0, 0.1) is 6.92 Å². The smallest absolute Gasteiger partial charge is 0.241 e. The summed E-state index contributed by atoms with van der Waals surface area (Å²) in [5.74, 6) is -0.0252. The Morgan fingerprint density at radius 2 is 2.06 bits per heavy atom. The largest absolute Gasteiger partial charge is 0.396 e. The Kier molecular flexibility index (Phi) is 5.82. The molecular weight excluding hydrogens is 228 g/mol. The molecule has 0 saturated carbocycles. The van der Waals surface area contributed by atoms with Crippen molar-refractivity contribution in [3.63, 3.8) is 0 Å². The molecule has 0 aromatic heterocycles. The monoisotopic (exact) mass is 250 g/mol. The lowest BCUT2D eigenvalue weighted by molar-refractivity contribution is -0.125. The third-order valence-electron chi connectivity index (χ3n) is 2.88. The van der Waals surface area contributed by atoms with Gasteiger partial charge in [0.05, 0.1) is 0 Å². The Balaban J connectivity index is 2.83. The summed E-state index contributed by atoms with van der Waals surface area (Å²) in [5, 5.41) is 11.6. The Hall–Kier alpha value is -1.39. The highest BCUT2D eigenvalue weighted by atomic mass is 16.3. The maximum atomic E-state index is 12.2. The van der Waals surface area contributed by atoms with Crippen molar-refractivity contribution in [2.75, 3.05) is 27.2 Å². The lowest BCUT2D eigenvalue weighted by Gasteiger charge is -2.25. The van der Waals surface area contributed by atoms with Crippen molar-refractivity contribution in [1.29, 1.82) is 0 Å². The van der Waals surface area contributed by atoms with Gasteiger partial charge in [-0.25, -0.2) is 0 Å². The van der Waals surface area contributed by atoms with Gasteiger partial charge in [0.15, 0.2) is 0 Å². The van der Waals surface area contributed by atoms with E-state index >= 15 is 0 Å². The van der Waals surface area contributed by atoms with Gasteiger partial charge in [-0.1, -0.05) is 24.3 Å². The average molecular weight is 250 g/mol. The van der Waals surface area contributed by atoms with E-state index in [0.717, 1.165) is 11.1 Å². The molecular formula is C14H22N2O2. The van der Waals surface area contributed by atoms with Crippen molar-refractivity contribution < 1.29 is 9.90 Å². The van der Waals surface area contributed by atoms with E-state index in [0.29, 0.717) is 13.0 Å². The summed E-state index contributed by atoms with van der Waals surface area (Å²) in [4.78, 5) is 14.1. The van der Waals surface area contributed by atoms with Crippen molar-refractivity contribution >= 4 is 5.91 Å². The molecule has 18 heavy (non-hydrogen) atoms. The lowest BCUT2D eigenvalue weighted by atomic mass is 10.00. The van der Waals surface area contributed by atoms with Crippen LogP contribution < -0.4 is 5.32 Å². The van der Waals surface area contributed by atoms with Crippen LogP contribution >= 0.6 is 0 Å². The van der Waals surface area contributed by atoms with Gasteiger partial charge in [-0.05, 0) is 38.6 Å². The number of benzene rings is 1. The van der Waals surface area contributed by atoms with E-state index in [2.05, 4.69) is 5.32 Å². The second-order valence-corrected chi connectivity index (χ2v) is 4.59. The summed E-state index contributed by atoms with van der Waals surface area (Å²) in [5.41, 5.74) is 2.12. The number of aryl methyl sites for hydroxylation is 1. The normalized spacial score (nSPS) is 12.5. The molecule has 2 N–H and O–H groups in total. The minimum absolute atomic E-state index is 0.0252. The molecule has 4 nitrogen and oxygen atoms in total. The van der Waals surface area contributed by atoms with Gasteiger partial charge < -0.3 is 10.4 Å². The predicted molar refractivity (Wildman–Crippen MR) is 72.3 cm³/mol. The number of hydrogen-bond acceptors (Lipinski definition) is 3. The van der Waals surface area contributed by atoms with Crippen LogP contribution in [0.2, 0.25) is 0 Å². The molecule has 100 valence electrons. The van der Waals surface area contributed by atoms with Gasteiger partial charge in [-0.15, -0.1) is 0 Å². The molecule has 0 aliphatic rings. The number of aliphatic hydroxyl groups excluding tert-OH is 1. The second kappa shape index (κ2) is 7.13. The van der Waals surface area contributed by atoms with Crippen LogP contribution in [0.4, 0.5) is 0 Å². The fourth-order valence-corrected chi connectivity index (χ4v) is 1.93. The van der Waals surface area contributed by atoms with E-state index < -0.39 is 0 Å². The minimum atomic E-state index is -0.287. The maximum Gasteiger partial charge on any atom is 0.241 e. The Morgan fingerprint density at radius 3 is 2.61 bits per heavy atom. The van der Waals surface area contributed by atoms with Crippen molar-refractivity contribution in [2.45, 2.75) is 19.4 Å². The first-order valence-electron chi connectivity index (χ1n) is 6.18. The number of nitrogens with one attached hydrogen (secondary N) is 1. The van der Waals surface area contributed by atoms with Gasteiger partial charge in [0.25, 0.3) is 0 Å². The zero-order valence-electron chi connectivity index (χ0n) is 11.3. The van der Waals surface area contributed by atoms with Gasteiger partial charge in [0.1, 0.15) is 6.04 Å². The third-order valence-corrected chi connectivity index (χ3v) is 2.88. The molecule has 0 aliphatic carbocycles. The molecule has 0 heterocycles. The van der Waals surface area contributed by atoms with E-state index in [9.17, 15) is 4.79 Å². The third kappa shape index (κ3) is 3.82. The van der Waals surface area contributed by atoms with Gasteiger partial charge in [0, 0.05) is 13.2 Å². The van der Waals surface area contributed by atoms with Gasteiger partial charge in [-0.3, -0.25) is 9.69 Å². The van der Waals surface area contributed by atoms with Crippen molar-refractivity contribution in [3.05, 3.63) is 35.4 Å². The van der Waals surface area contributed by atoms with Gasteiger partial charge in [-0.2, -0.15) is 0 Å². The first-order valence-corrected chi connectivity index (χ1v) is 6.18. The van der Waals surface area contributed by atoms with Crippen LogP contribution in [0.15, 0.2) is 24.3 Å². The number of rotatable bonds is 6. The molecule has 0 fully saturated rings. The van der Waals surface area contributed by atoms with E-state index in [1.54, 1.807) is 0 Å². The molecule has 1 amide bonds. The number of nitrogens with zero attached hydrogens (tertiary/aromatic N) is 1. The SMILES string of the molecule is Cc1ccccc1C(C(=O)NCCCO)N(C)C. The number of aliphatic hydroxyl groups is 1. The summed E-state index contributed by atoms with van der Waals surface area (Å²) < 4.78 is 0. The second-order valence-electron chi connectivity index (χ2n) is 4.59. The van der Waals surface area contributed by atoms with Crippen molar-refractivity contribution in [2.24, 2.45) is 0 Å². The molecule has 0 bridgehead atoms. The molecule has 0 aliphatic heterocycles. The summed E-state index contributed by atoms with van der Waals surface area (Å²) in [6.45, 7) is 2.61. The fourth-order valence-electron chi connectivity index (χ4n) is 1.93. The van der Waals surface area contributed by atoms with Crippen molar-refractivity contribution in [3.8, 4) is 0 Å². The number of amides is 1. The summed E-state index contributed by atoms with van der Waals surface area (Å²) >= 11 is 0. The maximum absolute atomic E-state index is 12.2. The van der Waals surface area contributed by atoms with Crippen LogP contribution in [0.5, 0.6) is 0 Å². The zero-order valence-corrected chi connectivity index (χ0v) is 11.3. The van der Waals surface area contributed by atoms with Crippen molar-refractivity contribution in [1.82, 2.24) is 10.2 Å². The highest BCUT2D eigenvalue weighted by Gasteiger charge is 2.23. The number of carbonyl (C=O) groups is 1. The minimum Gasteiger partial charge on any atom is -0.396 e. The highest BCUT2D eigenvalue weighted by molar-refractivity contribution is 5.83. The van der Waals surface area contributed by atoms with Crippen LogP contribution in [-0.4, -0.2) is 43.2 Å².